The third-order valence-corrected chi connectivity index (χ3v) is 6.23. The van der Waals surface area contributed by atoms with E-state index in [9.17, 15) is 18.0 Å². The van der Waals surface area contributed by atoms with E-state index >= 15 is 0 Å². The van der Waals surface area contributed by atoms with Crippen LogP contribution < -0.4 is 10.1 Å². The molecule has 0 aliphatic carbocycles. The van der Waals surface area contributed by atoms with Gasteiger partial charge in [-0.2, -0.15) is 23.4 Å². The second-order valence-electron chi connectivity index (χ2n) is 8.43. The molecule has 8 nitrogen and oxygen atoms in total. The van der Waals surface area contributed by atoms with Crippen LogP contribution in [0.15, 0.2) is 66.9 Å². The minimum atomic E-state index is -4.80. The Morgan fingerprint density at radius 3 is 2.61 bits per heavy atom. The molecular weight excluding hydrogens is 521 g/mol. The van der Waals surface area contributed by atoms with Crippen LogP contribution in [-0.4, -0.2) is 37.4 Å². The molecule has 5 aromatic rings. The summed E-state index contributed by atoms with van der Waals surface area (Å²) in [6.45, 7) is 2.46. The summed E-state index contributed by atoms with van der Waals surface area (Å²) in [6, 6.07) is 16.6. The van der Waals surface area contributed by atoms with Gasteiger partial charge in [0.2, 0.25) is 0 Å². The van der Waals surface area contributed by atoms with Crippen LogP contribution >= 0.6 is 11.6 Å². The van der Waals surface area contributed by atoms with Crippen LogP contribution in [0, 0.1) is 6.92 Å². The number of halogens is 4. The molecule has 3 aromatic heterocycles. The fourth-order valence-electron chi connectivity index (χ4n) is 3.92. The highest BCUT2D eigenvalue weighted by atomic mass is 35.5. The highest BCUT2D eigenvalue weighted by Crippen LogP contribution is 2.35. The molecule has 0 fully saturated rings. The van der Waals surface area contributed by atoms with Crippen LogP contribution in [0.4, 0.5) is 19.0 Å². The molecule has 3 heterocycles. The maximum absolute atomic E-state index is 14.0. The number of hydrogen-bond donors (Lipinski definition) is 1. The van der Waals surface area contributed by atoms with E-state index in [2.05, 4.69) is 20.5 Å². The van der Waals surface area contributed by atoms with E-state index in [1.807, 2.05) is 31.2 Å². The molecule has 1 amide bonds. The van der Waals surface area contributed by atoms with Gasteiger partial charge in [-0.05, 0) is 36.2 Å². The maximum atomic E-state index is 14.0. The summed E-state index contributed by atoms with van der Waals surface area (Å²) >= 11 is 6.36. The molecule has 0 aliphatic rings. The lowest BCUT2D eigenvalue weighted by Gasteiger charge is -2.11. The molecular formula is C26H20ClF3N6O2. The number of carbonyl (C=O) groups is 1. The van der Waals surface area contributed by atoms with E-state index in [-0.39, 0.29) is 22.2 Å². The van der Waals surface area contributed by atoms with Gasteiger partial charge in [-0.3, -0.25) is 9.48 Å². The number of hydrogen-bond acceptors (Lipinski definition) is 5. The third kappa shape index (κ3) is 4.92. The Kier molecular flexibility index (Phi) is 6.53. The third-order valence-electron chi connectivity index (χ3n) is 5.88. The molecule has 194 valence electrons. The van der Waals surface area contributed by atoms with Crippen molar-refractivity contribution < 1.29 is 22.7 Å². The Morgan fingerprint density at radius 2 is 1.87 bits per heavy atom. The number of nitrogens with zero attached hydrogens (tertiary/aromatic N) is 5. The van der Waals surface area contributed by atoms with Crippen LogP contribution in [0.5, 0.6) is 5.75 Å². The van der Waals surface area contributed by atoms with Crippen LogP contribution in [0.3, 0.4) is 0 Å². The van der Waals surface area contributed by atoms with Crippen LogP contribution in [0.2, 0.25) is 5.02 Å². The predicted molar refractivity (Wildman–Crippen MR) is 135 cm³/mol. The highest BCUT2D eigenvalue weighted by molar-refractivity contribution is 6.37. The molecule has 0 atom stereocenters. The number of rotatable bonds is 6. The van der Waals surface area contributed by atoms with Crippen molar-refractivity contribution in [2.45, 2.75) is 19.6 Å². The van der Waals surface area contributed by atoms with Gasteiger partial charge >= 0.3 is 6.18 Å². The van der Waals surface area contributed by atoms with Gasteiger partial charge in [-0.15, -0.1) is 0 Å². The summed E-state index contributed by atoms with van der Waals surface area (Å²) in [5.74, 6) is -0.185. The Balaban J connectivity index is 1.48. The van der Waals surface area contributed by atoms with Gasteiger partial charge in [0.15, 0.2) is 22.9 Å². The molecule has 0 bridgehead atoms. The SMILES string of the molecule is COc1cccc(-c2cc(C(F)(F)F)n3nc(C(=O)Nc4ccn(Cc5ccccc5C)n4)c(Cl)c3n2)c1. The highest BCUT2D eigenvalue weighted by Gasteiger charge is 2.37. The van der Waals surface area contributed by atoms with Crippen molar-refractivity contribution in [3.63, 3.8) is 0 Å². The summed E-state index contributed by atoms with van der Waals surface area (Å²) < 4.78 is 49.3. The Morgan fingerprint density at radius 1 is 1.08 bits per heavy atom. The molecule has 0 aliphatic heterocycles. The zero-order chi connectivity index (χ0) is 27.0. The fourth-order valence-corrected chi connectivity index (χ4v) is 4.17. The number of carbonyl (C=O) groups excluding carboxylic acids is 1. The van der Waals surface area contributed by atoms with Crippen molar-refractivity contribution >= 4 is 29.0 Å². The predicted octanol–water partition coefficient (Wildman–Crippen LogP) is 5.88. The topological polar surface area (TPSA) is 86.3 Å². The molecule has 38 heavy (non-hydrogen) atoms. The van der Waals surface area contributed by atoms with Crippen LogP contribution in [-0.2, 0) is 12.7 Å². The van der Waals surface area contributed by atoms with Crippen molar-refractivity contribution in [3.8, 4) is 17.0 Å². The zero-order valence-electron chi connectivity index (χ0n) is 20.1. The fraction of sp³-hybridized carbons (Fsp3) is 0.154. The number of amides is 1. The van der Waals surface area contributed by atoms with E-state index in [0.29, 0.717) is 22.4 Å². The number of aromatic nitrogens is 5. The Labute approximate surface area is 219 Å². The Bertz CT molecular complexity index is 1660. The standard InChI is InChI=1S/C26H20ClF3N6O2/c1-15-6-3-4-7-17(15)14-35-11-10-21(33-35)32-25(37)23-22(27)24-31-19(16-8-5-9-18(12-16)38-2)13-20(26(28,29)30)36(24)34-23/h3-13H,14H2,1-2H3,(H,32,33,37). The Hall–Kier alpha value is -4.38. The van der Waals surface area contributed by atoms with E-state index in [0.717, 1.165) is 17.2 Å². The van der Waals surface area contributed by atoms with E-state index < -0.39 is 23.5 Å². The molecule has 5 rings (SSSR count). The van der Waals surface area contributed by atoms with E-state index in [1.54, 1.807) is 41.2 Å². The van der Waals surface area contributed by atoms with Gasteiger partial charge in [-0.1, -0.05) is 48.0 Å². The average Bonchev–Trinajstić information content (AvgIpc) is 3.48. The quantitative estimate of drug-likeness (QED) is 0.290. The van der Waals surface area contributed by atoms with E-state index in [4.69, 9.17) is 16.3 Å². The smallest absolute Gasteiger partial charge is 0.433 e. The van der Waals surface area contributed by atoms with Gasteiger partial charge in [0.05, 0.1) is 19.3 Å². The number of benzene rings is 2. The van der Waals surface area contributed by atoms with Gasteiger partial charge < -0.3 is 10.1 Å². The molecule has 0 saturated carbocycles. The number of anilines is 1. The van der Waals surface area contributed by atoms with Crippen LogP contribution in [0.1, 0.15) is 27.3 Å². The van der Waals surface area contributed by atoms with Crippen molar-refractivity contribution in [3.05, 3.63) is 94.4 Å². The number of nitrogens with one attached hydrogen (secondary N) is 1. The number of fused-ring (bicyclic) bond motifs is 1. The second-order valence-corrected chi connectivity index (χ2v) is 8.81. The number of methoxy groups -OCH3 is 1. The molecule has 0 radical (unpaired) electrons. The van der Waals surface area contributed by atoms with Gasteiger partial charge in [0.25, 0.3) is 5.91 Å². The number of alkyl halides is 3. The normalized spacial score (nSPS) is 11.6. The molecule has 0 spiro atoms. The lowest BCUT2D eigenvalue weighted by molar-refractivity contribution is -0.142. The molecule has 1 N–H and O–H groups in total. The minimum Gasteiger partial charge on any atom is -0.497 e. The van der Waals surface area contributed by atoms with Crippen molar-refractivity contribution in [1.29, 1.82) is 0 Å². The maximum Gasteiger partial charge on any atom is 0.433 e. The van der Waals surface area contributed by atoms with Gasteiger partial charge in [0, 0.05) is 17.8 Å². The molecule has 0 unspecified atom stereocenters. The van der Waals surface area contributed by atoms with Crippen molar-refractivity contribution in [2.75, 3.05) is 12.4 Å². The lowest BCUT2D eigenvalue weighted by atomic mass is 10.1. The monoisotopic (exact) mass is 540 g/mol. The first-order chi connectivity index (χ1) is 18.1. The first-order valence-corrected chi connectivity index (χ1v) is 11.7. The van der Waals surface area contributed by atoms with Gasteiger partial charge in [-0.25, -0.2) is 9.50 Å². The number of aryl methyl sites for hydroxylation is 1. The van der Waals surface area contributed by atoms with E-state index in [1.165, 1.54) is 7.11 Å². The van der Waals surface area contributed by atoms with Gasteiger partial charge in [0.1, 0.15) is 10.8 Å². The summed E-state index contributed by atoms with van der Waals surface area (Å²) in [7, 11) is 1.45. The minimum absolute atomic E-state index is 0.00701. The summed E-state index contributed by atoms with van der Waals surface area (Å²) in [6.07, 6.45) is -3.12. The summed E-state index contributed by atoms with van der Waals surface area (Å²) in [5.41, 5.74) is 0.646. The summed E-state index contributed by atoms with van der Waals surface area (Å²) in [4.78, 5) is 17.3. The lowest BCUT2D eigenvalue weighted by Crippen LogP contribution is -2.16. The second kappa shape index (κ2) is 9.82. The number of ether oxygens (including phenoxy) is 1. The first kappa shape index (κ1) is 25.3. The van der Waals surface area contributed by atoms with Crippen molar-refractivity contribution in [2.24, 2.45) is 0 Å². The zero-order valence-corrected chi connectivity index (χ0v) is 20.9. The average molecular weight is 541 g/mol. The van der Waals surface area contributed by atoms with Crippen LogP contribution in [0.25, 0.3) is 16.9 Å². The first-order valence-electron chi connectivity index (χ1n) is 11.3. The van der Waals surface area contributed by atoms with Crippen molar-refractivity contribution in [1.82, 2.24) is 24.4 Å². The summed E-state index contributed by atoms with van der Waals surface area (Å²) in [5, 5.41) is 10.4. The molecule has 0 saturated heterocycles. The largest absolute Gasteiger partial charge is 0.497 e. The molecule has 2 aromatic carbocycles. The molecule has 12 heteroatoms.